The van der Waals surface area contributed by atoms with Crippen LogP contribution in [-0.2, 0) is 52.0 Å². The van der Waals surface area contributed by atoms with Crippen LogP contribution < -0.4 is 9.05 Å². The molecular formula is C26H29O13P. The molecule has 1 saturated heterocycles. The van der Waals surface area contributed by atoms with Gasteiger partial charge in [0.25, 0.3) is 0 Å². The molecule has 0 amide bonds. The van der Waals surface area contributed by atoms with Gasteiger partial charge in [0.05, 0.1) is 6.61 Å². The van der Waals surface area contributed by atoms with Gasteiger partial charge in [-0.3, -0.25) is 23.7 Å². The summed E-state index contributed by atoms with van der Waals surface area (Å²) >= 11 is 0. The Hall–Kier alpha value is -3.93. The molecular weight excluding hydrogens is 551 g/mol. The Morgan fingerprint density at radius 2 is 1.07 bits per heavy atom. The first-order chi connectivity index (χ1) is 19.0. The Balaban J connectivity index is 1.95. The molecule has 0 N–H and O–H groups in total. The van der Waals surface area contributed by atoms with Crippen LogP contribution in [-0.4, -0.2) is 61.2 Å². The highest BCUT2D eigenvalue weighted by Gasteiger charge is 2.54. The third-order valence-corrected chi connectivity index (χ3v) is 6.43. The van der Waals surface area contributed by atoms with Crippen molar-refractivity contribution in [2.45, 2.75) is 58.4 Å². The van der Waals surface area contributed by atoms with E-state index in [-0.39, 0.29) is 11.5 Å². The van der Waals surface area contributed by atoms with Gasteiger partial charge in [0.1, 0.15) is 17.6 Å². The first-order valence-electron chi connectivity index (χ1n) is 12.0. The average Bonchev–Trinajstić information content (AvgIpc) is 2.86. The fraction of sp³-hybridized carbons (Fsp3) is 0.385. The third-order valence-electron chi connectivity index (χ3n) is 5.10. The van der Waals surface area contributed by atoms with Gasteiger partial charge < -0.3 is 32.7 Å². The lowest BCUT2D eigenvalue weighted by atomic mass is 9.98. The minimum Gasteiger partial charge on any atom is -0.456 e. The van der Waals surface area contributed by atoms with E-state index in [9.17, 15) is 23.7 Å². The minimum absolute atomic E-state index is 0.161. The maximum atomic E-state index is 13.8. The molecule has 40 heavy (non-hydrogen) atoms. The molecule has 1 aliphatic rings. The number of carbonyl (C=O) groups is 4. The van der Waals surface area contributed by atoms with Gasteiger partial charge in [0.2, 0.25) is 12.4 Å². The van der Waals surface area contributed by atoms with E-state index in [1.165, 1.54) is 24.3 Å². The van der Waals surface area contributed by atoms with Crippen LogP contribution in [0.5, 0.6) is 11.5 Å². The summed E-state index contributed by atoms with van der Waals surface area (Å²) in [7, 11) is -4.44. The van der Waals surface area contributed by atoms with Crippen LogP contribution >= 0.6 is 7.82 Å². The Bertz CT molecular complexity index is 1170. The summed E-state index contributed by atoms with van der Waals surface area (Å²) in [4.78, 5) is 47.6. The zero-order valence-corrected chi connectivity index (χ0v) is 23.0. The molecule has 0 bridgehead atoms. The average molecular weight is 580 g/mol. The molecule has 0 saturated carbocycles. The van der Waals surface area contributed by atoms with Crippen LogP contribution in [0.4, 0.5) is 0 Å². The number of ether oxygens (including phenoxy) is 5. The van der Waals surface area contributed by atoms with Crippen molar-refractivity contribution < 1.29 is 61.0 Å². The second-order valence-corrected chi connectivity index (χ2v) is 9.94. The van der Waals surface area contributed by atoms with E-state index in [0.717, 1.165) is 27.7 Å². The second-order valence-electron chi connectivity index (χ2n) is 8.43. The van der Waals surface area contributed by atoms with Crippen LogP contribution in [0.25, 0.3) is 0 Å². The van der Waals surface area contributed by atoms with Crippen LogP contribution in [0.3, 0.4) is 0 Å². The molecule has 0 radical (unpaired) electrons. The SMILES string of the molecule is CC(=O)O[C@@H]1O[C@@H](COP(=O)(Oc2ccccc2)Oc2ccccc2)[C@@H](OC(C)=O)[C@H](OC(C)=O)[C@H]1OC(C)=O. The van der Waals surface area contributed by atoms with Gasteiger partial charge in [-0.2, -0.15) is 0 Å². The number of phosphoric acid groups is 1. The van der Waals surface area contributed by atoms with Crippen molar-refractivity contribution in [2.75, 3.05) is 6.61 Å². The van der Waals surface area contributed by atoms with Crippen molar-refractivity contribution in [3.05, 3.63) is 60.7 Å². The van der Waals surface area contributed by atoms with Gasteiger partial charge in [0.15, 0.2) is 12.2 Å². The fourth-order valence-electron chi connectivity index (χ4n) is 3.70. The van der Waals surface area contributed by atoms with Crippen molar-refractivity contribution in [2.24, 2.45) is 0 Å². The van der Waals surface area contributed by atoms with Gasteiger partial charge in [-0.05, 0) is 24.3 Å². The molecule has 2 aromatic carbocycles. The Kier molecular flexibility index (Phi) is 10.7. The summed E-state index contributed by atoms with van der Waals surface area (Å²) in [5.41, 5.74) is 0. The van der Waals surface area contributed by atoms with Crippen LogP contribution in [0.1, 0.15) is 27.7 Å². The van der Waals surface area contributed by atoms with E-state index in [1.807, 2.05) is 0 Å². The predicted molar refractivity (Wildman–Crippen MR) is 135 cm³/mol. The second kappa shape index (κ2) is 13.9. The van der Waals surface area contributed by atoms with Crippen molar-refractivity contribution in [3.63, 3.8) is 0 Å². The molecule has 0 aromatic heterocycles. The zero-order chi connectivity index (χ0) is 29.3. The molecule has 5 atom stereocenters. The van der Waals surface area contributed by atoms with E-state index >= 15 is 0 Å². The molecule has 14 heteroatoms. The van der Waals surface area contributed by atoms with Gasteiger partial charge in [-0.15, -0.1) is 0 Å². The Morgan fingerprint density at radius 1 is 0.650 bits per heavy atom. The van der Waals surface area contributed by atoms with E-state index in [2.05, 4.69) is 0 Å². The summed E-state index contributed by atoms with van der Waals surface area (Å²) in [6.45, 7) is 3.67. The summed E-state index contributed by atoms with van der Waals surface area (Å²) in [5, 5.41) is 0. The minimum atomic E-state index is -4.44. The number of hydrogen-bond donors (Lipinski definition) is 0. The van der Waals surface area contributed by atoms with Crippen molar-refractivity contribution in [3.8, 4) is 11.5 Å². The first-order valence-corrected chi connectivity index (χ1v) is 13.5. The lowest BCUT2D eigenvalue weighted by Gasteiger charge is -2.43. The quantitative estimate of drug-likeness (QED) is 0.217. The molecule has 13 nitrogen and oxygen atoms in total. The number of hydrogen-bond acceptors (Lipinski definition) is 13. The van der Waals surface area contributed by atoms with Crippen molar-refractivity contribution in [1.29, 1.82) is 0 Å². The highest BCUT2D eigenvalue weighted by molar-refractivity contribution is 7.49. The molecule has 3 rings (SSSR count). The molecule has 2 aromatic rings. The van der Waals surface area contributed by atoms with Gasteiger partial charge in [0, 0.05) is 27.7 Å². The maximum absolute atomic E-state index is 13.8. The predicted octanol–water partition coefficient (Wildman–Crippen LogP) is 3.35. The third kappa shape index (κ3) is 9.08. The number of rotatable bonds is 11. The summed E-state index contributed by atoms with van der Waals surface area (Å²) in [6.07, 6.45) is -7.47. The van der Waals surface area contributed by atoms with Gasteiger partial charge >= 0.3 is 31.7 Å². The molecule has 216 valence electrons. The highest BCUT2D eigenvalue weighted by atomic mass is 31.2. The van der Waals surface area contributed by atoms with E-state index < -0.39 is 69.0 Å². The Labute approximate surface area is 230 Å². The summed E-state index contributed by atoms with van der Waals surface area (Å²) in [6, 6.07) is 16.1. The smallest absolute Gasteiger partial charge is 0.456 e. The topological polar surface area (TPSA) is 159 Å². The molecule has 1 aliphatic heterocycles. The van der Waals surface area contributed by atoms with E-state index in [4.69, 9.17) is 37.3 Å². The lowest BCUT2D eigenvalue weighted by molar-refractivity contribution is -0.298. The van der Waals surface area contributed by atoms with Crippen LogP contribution in [0.2, 0.25) is 0 Å². The number of phosphoric ester groups is 1. The molecule has 1 heterocycles. The van der Waals surface area contributed by atoms with Gasteiger partial charge in [-0.25, -0.2) is 4.57 Å². The molecule has 1 fully saturated rings. The monoisotopic (exact) mass is 580 g/mol. The van der Waals surface area contributed by atoms with Crippen molar-refractivity contribution in [1.82, 2.24) is 0 Å². The number of benzene rings is 2. The van der Waals surface area contributed by atoms with E-state index in [0.29, 0.717) is 0 Å². The molecule has 0 unspecified atom stereocenters. The maximum Gasteiger partial charge on any atom is 0.587 e. The molecule has 0 spiro atoms. The van der Waals surface area contributed by atoms with E-state index in [1.54, 1.807) is 36.4 Å². The largest absolute Gasteiger partial charge is 0.587 e. The highest BCUT2D eigenvalue weighted by Crippen LogP contribution is 2.50. The molecule has 0 aliphatic carbocycles. The van der Waals surface area contributed by atoms with Crippen LogP contribution in [0, 0.1) is 0 Å². The number of esters is 4. The van der Waals surface area contributed by atoms with Crippen molar-refractivity contribution >= 4 is 31.7 Å². The number of carbonyl (C=O) groups excluding carboxylic acids is 4. The van der Waals surface area contributed by atoms with Crippen LogP contribution in [0.15, 0.2) is 60.7 Å². The fourth-order valence-corrected chi connectivity index (χ4v) is 4.94. The standard InChI is InChI=1S/C26H29O13P/c1-16(27)33-23-22(37-26(36-19(4)30)25(35-18(3)29)24(23)34-17(2)28)15-32-40(31,38-20-11-7-5-8-12-20)39-21-13-9-6-10-14-21/h5-14,22-26H,15H2,1-4H3/t22-,23+,24-,25+,26+/m0/s1. The first kappa shape index (κ1) is 30.6. The summed E-state index contributed by atoms with van der Waals surface area (Å²) in [5.74, 6) is -2.96. The normalized spacial score (nSPS) is 22.4. The summed E-state index contributed by atoms with van der Waals surface area (Å²) < 4.78 is 57.4. The number of para-hydroxylation sites is 2. The lowest BCUT2D eigenvalue weighted by Crippen LogP contribution is -2.63. The Morgan fingerprint density at radius 3 is 1.52 bits per heavy atom. The zero-order valence-electron chi connectivity index (χ0n) is 22.1. The van der Waals surface area contributed by atoms with Gasteiger partial charge in [-0.1, -0.05) is 36.4 Å².